The number of benzene rings is 1. The molecule has 1 aromatic rings. The van der Waals surface area contributed by atoms with Gasteiger partial charge in [-0.2, -0.15) is 0 Å². The highest BCUT2D eigenvalue weighted by molar-refractivity contribution is 8.00. The van der Waals surface area contributed by atoms with Crippen molar-refractivity contribution in [3.05, 3.63) is 28.8 Å². The van der Waals surface area contributed by atoms with E-state index in [1.807, 2.05) is 39.8 Å². The summed E-state index contributed by atoms with van der Waals surface area (Å²) in [4.78, 5) is 24.0. The SMILES string of the molecule is CCCCSC(C)C(=O)NCC(=O)Nc1c(C)cc(C)cc1C. The molecule has 1 unspecified atom stereocenters. The number of nitrogens with one attached hydrogen (secondary N) is 2. The van der Waals surface area contributed by atoms with E-state index in [9.17, 15) is 9.59 Å². The van der Waals surface area contributed by atoms with E-state index in [0.29, 0.717) is 0 Å². The Hall–Kier alpha value is -1.49. The molecule has 0 fully saturated rings. The van der Waals surface area contributed by atoms with Gasteiger partial charge >= 0.3 is 0 Å². The van der Waals surface area contributed by atoms with E-state index in [4.69, 9.17) is 0 Å². The summed E-state index contributed by atoms with van der Waals surface area (Å²) in [5.74, 6) is 0.691. The zero-order valence-electron chi connectivity index (χ0n) is 14.8. The second-order valence-electron chi connectivity index (χ2n) is 5.91. The largest absolute Gasteiger partial charge is 0.346 e. The maximum absolute atomic E-state index is 12.1. The highest BCUT2D eigenvalue weighted by atomic mass is 32.2. The number of amides is 2. The molecule has 0 bridgehead atoms. The van der Waals surface area contributed by atoms with Crippen molar-refractivity contribution < 1.29 is 9.59 Å². The number of anilines is 1. The van der Waals surface area contributed by atoms with Crippen LogP contribution in [0.1, 0.15) is 43.4 Å². The van der Waals surface area contributed by atoms with Gasteiger partial charge in [-0.25, -0.2) is 0 Å². The molecule has 0 saturated heterocycles. The van der Waals surface area contributed by atoms with Gasteiger partial charge in [0.1, 0.15) is 0 Å². The molecule has 1 aromatic carbocycles. The minimum atomic E-state index is -0.195. The van der Waals surface area contributed by atoms with Gasteiger partial charge in [0.2, 0.25) is 11.8 Å². The first-order chi connectivity index (χ1) is 10.8. The number of hydrogen-bond acceptors (Lipinski definition) is 3. The Kier molecular flexibility index (Phi) is 8.17. The summed E-state index contributed by atoms with van der Waals surface area (Å²) in [7, 11) is 0. The van der Waals surface area contributed by atoms with E-state index in [-0.39, 0.29) is 23.6 Å². The third-order valence-corrected chi connectivity index (χ3v) is 4.84. The van der Waals surface area contributed by atoms with Crippen molar-refractivity contribution in [1.82, 2.24) is 5.32 Å². The summed E-state index contributed by atoms with van der Waals surface area (Å²) in [5.41, 5.74) is 4.07. The van der Waals surface area contributed by atoms with Crippen LogP contribution >= 0.6 is 11.8 Å². The van der Waals surface area contributed by atoms with Crippen LogP contribution in [0, 0.1) is 20.8 Å². The summed E-state index contributed by atoms with van der Waals surface area (Å²) in [6.45, 7) is 9.99. The third-order valence-electron chi connectivity index (χ3n) is 3.60. The molecule has 0 heterocycles. The molecule has 0 aromatic heterocycles. The molecule has 5 heteroatoms. The third kappa shape index (κ3) is 6.65. The van der Waals surface area contributed by atoms with Gasteiger partial charge in [-0.15, -0.1) is 11.8 Å². The number of thioether (sulfide) groups is 1. The van der Waals surface area contributed by atoms with Crippen LogP contribution < -0.4 is 10.6 Å². The minimum absolute atomic E-state index is 0.00423. The first-order valence-corrected chi connectivity index (χ1v) is 9.17. The Morgan fingerprint density at radius 3 is 2.35 bits per heavy atom. The van der Waals surface area contributed by atoms with Crippen LogP contribution in [0.25, 0.3) is 0 Å². The molecule has 2 N–H and O–H groups in total. The maximum atomic E-state index is 12.1. The fourth-order valence-corrected chi connectivity index (χ4v) is 3.40. The highest BCUT2D eigenvalue weighted by Gasteiger charge is 2.14. The molecule has 0 spiro atoms. The zero-order chi connectivity index (χ0) is 17.4. The summed E-state index contributed by atoms with van der Waals surface area (Å²) in [5, 5.41) is 5.47. The van der Waals surface area contributed by atoms with Crippen molar-refractivity contribution in [2.24, 2.45) is 0 Å². The summed E-state index contributed by atoms with van der Waals surface area (Å²) in [6.07, 6.45) is 2.23. The Balaban J connectivity index is 2.47. The summed E-state index contributed by atoms with van der Waals surface area (Å²) >= 11 is 1.63. The predicted molar refractivity (Wildman–Crippen MR) is 99.1 cm³/mol. The van der Waals surface area contributed by atoms with E-state index >= 15 is 0 Å². The van der Waals surface area contributed by atoms with E-state index in [1.54, 1.807) is 11.8 Å². The lowest BCUT2D eigenvalue weighted by molar-refractivity contribution is -0.123. The van der Waals surface area contributed by atoms with Crippen LogP contribution in [0.3, 0.4) is 0 Å². The van der Waals surface area contributed by atoms with Crippen molar-refractivity contribution >= 4 is 29.3 Å². The van der Waals surface area contributed by atoms with Crippen LogP contribution in [0.15, 0.2) is 12.1 Å². The lowest BCUT2D eigenvalue weighted by Crippen LogP contribution is -2.37. The first-order valence-electron chi connectivity index (χ1n) is 8.12. The number of carbonyl (C=O) groups is 2. The molecule has 0 aliphatic rings. The quantitative estimate of drug-likeness (QED) is 0.713. The number of rotatable bonds is 8. The highest BCUT2D eigenvalue weighted by Crippen LogP contribution is 2.21. The number of carbonyl (C=O) groups excluding carboxylic acids is 2. The van der Waals surface area contributed by atoms with E-state index in [1.165, 1.54) is 5.56 Å². The Bertz CT molecular complexity index is 535. The Morgan fingerprint density at radius 1 is 1.17 bits per heavy atom. The average molecular weight is 337 g/mol. The van der Waals surface area contributed by atoms with Crippen LogP contribution in [-0.2, 0) is 9.59 Å². The fourth-order valence-electron chi connectivity index (χ4n) is 2.35. The van der Waals surface area contributed by atoms with E-state index in [0.717, 1.165) is 35.4 Å². The van der Waals surface area contributed by atoms with Crippen LogP contribution in [-0.4, -0.2) is 29.4 Å². The number of aryl methyl sites for hydroxylation is 3. The monoisotopic (exact) mass is 336 g/mol. The summed E-state index contributed by atoms with van der Waals surface area (Å²) < 4.78 is 0. The molecule has 0 aliphatic carbocycles. The van der Waals surface area contributed by atoms with Gasteiger partial charge in [0.15, 0.2) is 0 Å². The van der Waals surface area contributed by atoms with E-state index in [2.05, 4.69) is 17.6 Å². The van der Waals surface area contributed by atoms with Crippen molar-refractivity contribution in [3.8, 4) is 0 Å². The van der Waals surface area contributed by atoms with Crippen LogP contribution in [0.4, 0.5) is 5.69 Å². The molecule has 1 rings (SSSR count). The summed E-state index contributed by atoms with van der Waals surface area (Å²) in [6, 6.07) is 4.07. The molecule has 0 aliphatic heterocycles. The lowest BCUT2D eigenvalue weighted by Gasteiger charge is -2.14. The van der Waals surface area contributed by atoms with Crippen LogP contribution in [0.2, 0.25) is 0 Å². The maximum Gasteiger partial charge on any atom is 0.243 e. The smallest absolute Gasteiger partial charge is 0.243 e. The van der Waals surface area contributed by atoms with Crippen molar-refractivity contribution in [3.63, 3.8) is 0 Å². The normalized spacial score (nSPS) is 11.9. The number of unbranched alkanes of at least 4 members (excludes halogenated alkanes) is 1. The Morgan fingerprint density at radius 2 is 1.78 bits per heavy atom. The Labute approximate surface area is 143 Å². The molecule has 23 heavy (non-hydrogen) atoms. The average Bonchev–Trinajstić information content (AvgIpc) is 2.48. The second kappa shape index (κ2) is 9.60. The lowest BCUT2D eigenvalue weighted by atomic mass is 10.1. The molecule has 4 nitrogen and oxygen atoms in total. The van der Waals surface area contributed by atoms with Gasteiger partial charge < -0.3 is 10.6 Å². The van der Waals surface area contributed by atoms with Gasteiger partial charge in [0.05, 0.1) is 11.8 Å². The van der Waals surface area contributed by atoms with Crippen molar-refractivity contribution in [1.29, 1.82) is 0 Å². The number of hydrogen-bond donors (Lipinski definition) is 2. The molecular weight excluding hydrogens is 308 g/mol. The molecule has 2 amide bonds. The van der Waals surface area contributed by atoms with Crippen molar-refractivity contribution in [2.45, 2.75) is 52.7 Å². The minimum Gasteiger partial charge on any atom is -0.346 e. The van der Waals surface area contributed by atoms with Gasteiger partial charge in [-0.1, -0.05) is 31.0 Å². The standard InChI is InChI=1S/C18H28N2O2S/c1-6-7-8-23-15(5)18(22)19-11-16(21)20-17-13(3)9-12(2)10-14(17)4/h9-10,15H,6-8,11H2,1-5H3,(H,19,22)(H,20,21). The molecule has 1 atom stereocenters. The topological polar surface area (TPSA) is 58.2 Å². The molecule has 0 saturated carbocycles. The fraction of sp³-hybridized carbons (Fsp3) is 0.556. The van der Waals surface area contributed by atoms with Gasteiger partial charge in [0, 0.05) is 5.69 Å². The van der Waals surface area contributed by atoms with Gasteiger partial charge in [-0.05, 0) is 51.0 Å². The van der Waals surface area contributed by atoms with Crippen molar-refractivity contribution in [2.75, 3.05) is 17.6 Å². The zero-order valence-corrected chi connectivity index (χ0v) is 15.6. The second-order valence-corrected chi connectivity index (χ2v) is 7.35. The molecular formula is C18H28N2O2S. The molecule has 0 radical (unpaired) electrons. The first kappa shape index (κ1) is 19.6. The van der Waals surface area contributed by atoms with Gasteiger partial charge in [-0.3, -0.25) is 9.59 Å². The predicted octanol–water partition coefficient (Wildman–Crippen LogP) is 3.59. The van der Waals surface area contributed by atoms with Crippen LogP contribution in [0.5, 0.6) is 0 Å². The van der Waals surface area contributed by atoms with E-state index < -0.39 is 0 Å². The molecule has 128 valence electrons. The van der Waals surface area contributed by atoms with Gasteiger partial charge in [0.25, 0.3) is 0 Å².